The van der Waals surface area contributed by atoms with Gasteiger partial charge in [0.2, 0.25) is 6.79 Å². The third-order valence-corrected chi connectivity index (χ3v) is 2.91. The Hall–Kier alpha value is -1.46. The molecular formula is C12H14O5. The highest BCUT2D eigenvalue weighted by molar-refractivity contribution is 5.51. The Labute approximate surface area is 98.9 Å². The summed E-state index contributed by atoms with van der Waals surface area (Å²) >= 11 is 0. The van der Waals surface area contributed by atoms with Crippen molar-refractivity contribution in [1.82, 2.24) is 0 Å². The normalized spacial score (nSPS) is 21.8. The molecule has 2 aliphatic rings. The molecule has 2 heterocycles. The molecule has 1 aromatic carbocycles. The molecule has 0 spiro atoms. The van der Waals surface area contributed by atoms with E-state index in [1.807, 2.05) is 0 Å². The van der Waals surface area contributed by atoms with Crippen LogP contribution in [0.4, 0.5) is 0 Å². The minimum atomic E-state index is -0.0838. The first kappa shape index (κ1) is 10.7. The van der Waals surface area contributed by atoms with Crippen molar-refractivity contribution in [2.75, 3.05) is 20.0 Å². The van der Waals surface area contributed by atoms with E-state index in [-0.39, 0.29) is 19.5 Å². The van der Waals surface area contributed by atoms with Crippen molar-refractivity contribution in [2.45, 2.75) is 19.1 Å². The summed E-state index contributed by atoms with van der Waals surface area (Å²) in [5, 5.41) is 9.32. The Morgan fingerprint density at radius 3 is 2.82 bits per heavy atom. The molecule has 3 rings (SSSR count). The number of rotatable bonds is 3. The van der Waals surface area contributed by atoms with Crippen molar-refractivity contribution >= 4 is 0 Å². The summed E-state index contributed by atoms with van der Waals surface area (Å²) in [5.74, 6) is 1.97. The maximum Gasteiger partial charge on any atom is 0.231 e. The Bertz CT molecular complexity index is 412. The van der Waals surface area contributed by atoms with Crippen LogP contribution < -0.4 is 14.2 Å². The molecule has 5 nitrogen and oxygen atoms in total. The first-order valence-electron chi connectivity index (χ1n) is 5.64. The zero-order valence-electron chi connectivity index (χ0n) is 9.35. The average molecular weight is 238 g/mol. The highest BCUT2D eigenvalue weighted by atomic mass is 16.7. The fourth-order valence-corrected chi connectivity index (χ4v) is 1.98. The van der Waals surface area contributed by atoms with Gasteiger partial charge < -0.3 is 24.1 Å². The predicted molar refractivity (Wildman–Crippen MR) is 58.3 cm³/mol. The van der Waals surface area contributed by atoms with Crippen LogP contribution in [-0.4, -0.2) is 31.2 Å². The summed E-state index contributed by atoms with van der Waals surface area (Å²) in [7, 11) is 0. The SMILES string of the molecule is OCc1cc2c(cc1OC1CCOC1)OCO2. The van der Waals surface area contributed by atoms with Gasteiger partial charge in [0, 0.05) is 18.1 Å². The van der Waals surface area contributed by atoms with Gasteiger partial charge in [0.05, 0.1) is 19.8 Å². The van der Waals surface area contributed by atoms with E-state index in [4.69, 9.17) is 18.9 Å². The molecule has 0 aliphatic carbocycles. The number of benzene rings is 1. The lowest BCUT2D eigenvalue weighted by Crippen LogP contribution is -2.16. The number of hydrogen-bond donors (Lipinski definition) is 1. The second-order valence-corrected chi connectivity index (χ2v) is 4.07. The van der Waals surface area contributed by atoms with Crippen LogP contribution >= 0.6 is 0 Å². The van der Waals surface area contributed by atoms with Crippen LogP contribution in [0, 0.1) is 0 Å². The maximum atomic E-state index is 9.32. The van der Waals surface area contributed by atoms with E-state index in [1.165, 1.54) is 0 Å². The molecular weight excluding hydrogens is 224 g/mol. The highest BCUT2D eigenvalue weighted by Gasteiger charge is 2.22. The van der Waals surface area contributed by atoms with Gasteiger partial charge in [0.1, 0.15) is 11.9 Å². The highest BCUT2D eigenvalue weighted by Crippen LogP contribution is 2.38. The monoisotopic (exact) mass is 238 g/mol. The largest absolute Gasteiger partial charge is 0.487 e. The number of aliphatic hydroxyl groups is 1. The number of hydrogen-bond acceptors (Lipinski definition) is 5. The van der Waals surface area contributed by atoms with Gasteiger partial charge in [-0.1, -0.05) is 0 Å². The molecule has 0 radical (unpaired) electrons. The molecule has 1 atom stereocenters. The van der Waals surface area contributed by atoms with Gasteiger partial charge in [-0.3, -0.25) is 0 Å². The van der Waals surface area contributed by atoms with Crippen molar-refractivity contribution in [3.05, 3.63) is 17.7 Å². The Balaban J connectivity index is 1.86. The van der Waals surface area contributed by atoms with Gasteiger partial charge in [-0.05, 0) is 6.07 Å². The number of aliphatic hydroxyl groups excluding tert-OH is 1. The van der Waals surface area contributed by atoms with Crippen molar-refractivity contribution < 1.29 is 24.1 Å². The van der Waals surface area contributed by atoms with Crippen LogP contribution in [0.3, 0.4) is 0 Å². The van der Waals surface area contributed by atoms with Crippen LogP contribution in [-0.2, 0) is 11.3 Å². The third-order valence-electron chi connectivity index (χ3n) is 2.91. The van der Waals surface area contributed by atoms with E-state index < -0.39 is 0 Å². The molecule has 1 saturated heterocycles. The Morgan fingerprint density at radius 2 is 2.12 bits per heavy atom. The molecule has 1 N–H and O–H groups in total. The van der Waals surface area contributed by atoms with Crippen LogP contribution in [0.2, 0.25) is 0 Å². The van der Waals surface area contributed by atoms with E-state index in [0.717, 1.165) is 13.0 Å². The van der Waals surface area contributed by atoms with Gasteiger partial charge >= 0.3 is 0 Å². The number of fused-ring (bicyclic) bond motifs is 1. The third kappa shape index (κ3) is 2.03. The van der Waals surface area contributed by atoms with Crippen molar-refractivity contribution in [3.8, 4) is 17.2 Å². The minimum Gasteiger partial charge on any atom is -0.487 e. The van der Waals surface area contributed by atoms with E-state index in [0.29, 0.717) is 29.4 Å². The smallest absolute Gasteiger partial charge is 0.231 e. The average Bonchev–Trinajstić information content (AvgIpc) is 2.98. The first-order chi connectivity index (χ1) is 8.36. The molecule has 1 unspecified atom stereocenters. The molecule has 0 amide bonds. The first-order valence-corrected chi connectivity index (χ1v) is 5.64. The zero-order valence-corrected chi connectivity index (χ0v) is 9.35. The van der Waals surface area contributed by atoms with E-state index >= 15 is 0 Å². The lowest BCUT2D eigenvalue weighted by atomic mass is 10.2. The molecule has 1 fully saturated rings. The minimum absolute atomic E-state index is 0.0562. The van der Waals surface area contributed by atoms with Crippen LogP contribution in [0.15, 0.2) is 12.1 Å². The molecule has 0 saturated carbocycles. The molecule has 1 aromatic rings. The summed E-state index contributed by atoms with van der Waals surface area (Å²) in [6.45, 7) is 1.46. The summed E-state index contributed by atoms with van der Waals surface area (Å²) in [4.78, 5) is 0. The van der Waals surface area contributed by atoms with Gasteiger partial charge in [0.25, 0.3) is 0 Å². The summed E-state index contributed by atoms with van der Waals surface area (Å²) < 4.78 is 21.6. The Kier molecular flexibility index (Phi) is 2.78. The second-order valence-electron chi connectivity index (χ2n) is 4.07. The van der Waals surface area contributed by atoms with Gasteiger partial charge in [-0.15, -0.1) is 0 Å². The van der Waals surface area contributed by atoms with Crippen LogP contribution in [0.25, 0.3) is 0 Å². The van der Waals surface area contributed by atoms with E-state index in [2.05, 4.69) is 0 Å². The summed E-state index contributed by atoms with van der Waals surface area (Å²) in [6, 6.07) is 3.53. The molecule has 0 bridgehead atoms. The summed E-state index contributed by atoms with van der Waals surface area (Å²) in [6.07, 6.45) is 0.930. The topological polar surface area (TPSA) is 57.2 Å². The van der Waals surface area contributed by atoms with Crippen LogP contribution in [0.1, 0.15) is 12.0 Å². The van der Waals surface area contributed by atoms with Crippen molar-refractivity contribution in [3.63, 3.8) is 0 Å². The quantitative estimate of drug-likeness (QED) is 0.853. The molecule has 2 aliphatic heterocycles. The molecule has 5 heteroatoms. The maximum absolute atomic E-state index is 9.32. The lowest BCUT2D eigenvalue weighted by molar-refractivity contribution is 0.138. The van der Waals surface area contributed by atoms with Crippen molar-refractivity contribution in [1.29, 1.82) is 0 Å². The fraction of sp³-hybridized carbons (Fsp3) is 0.500. The van der Waals surface area contributed by atoms with Gasteiger partial charge in [0.15, 0.2) is 11.5 Å². The Morgan fingerprint density at radius 1 is 1.29 bits per heavy atom. The predicted octanol–water partition coefficient (Wildman–Crippen LogP) is 1.08. The fourth-order valence-electron chi connectivity index (χ4n) is 1.98. The van der Waals surface area contributed by atoms with Crippen LogP contribution in [0.5, 0.6) is 17.2 Å². The second kappa shape index (κ2) is 4.43. The van der Waals surface area contributed by atoms with Gasteiger partial charge in [-0.2, -0.15) is 0 Å². The van der Waals surface area contributed by atoms with Crippen molar-refractivity contribution in [2.24, 2.45) is 0 Å². The zero-order chi connectivity index (χ0) is 11.7. The van der Waals surface area contributed by atoms with E-state index in [1.54, 1.807) is 12.1 Å². The summed E-state index contributed by atoms with van der Waals surface area (Å²) in [5.41, 5.74) is 0.709. The lowest BCUT2D eigenvalue weighted by Gasteiger charge is -2.15. The standard InChI is InChI=1S/C12H14O5/c13-5-8-3-11-12(16-7-15-11)4-10(8)17-9-1-2-14-6-9/h3-4,9,13H,1-2,5-7H2. The number of ether oxygens (including phenoxy) is 4. The molecule has 17 heavy (non-hydrogen) atoms. The van der Waals surface area contributed by atoms with Gasteiger partial charge in [-0.25, -0.2) is 0 Å². The molecule has 0 aromatic heterocycles. The van der Waals surface area contributed by atoms with E-state index in [9.17, 15) is 5.11 Å². The molecule has 92 valence electrons.